The molecular formula is C31H39N3O7S. The van der Waals surface area contributed by atoms with Crippen LogP contribution in [-0.4, -0.2) is 65.1 Å². The SMILES string of the molecule is CC[C@H](C)NC(=O)[C@H](C)N(Cc1ccc(OC)cc1)C(=O)CN(c1ccccc1OC)S(=O)(=O)c1ccc(OC)cc1. The number of para-hydroxylation sites is 2. The van der Waals surface area contributed by atoms with Crippen molar-refractivity contribution < 1.29 is 32.2 Å². The smallest absolute Gasteiger partial charge is 0.264 e. The first-order valence-electron chi connectivity index (χ1n) is 13.6. The van der Waals surface area contributed by atoms with Gasteiger partial charge in [-0.1, -0.05) is 31.2 Å². The number of hydrogen-bond acceptors (Lipinski definition) is 7. The zero-order valence-electron chi connectivity index (χ0n) is 24.9. The van der Waals surface area contributed by atoms with Gasteiger partial charge in [0.05, 0.1) is 31.9 Å². The minimum atomic E-state index is -4.26. The predicted octanol–water partition coefficient (Wildman–Crippen LogP) is 4.24. The van der Waals surface area contributed by atoms with E-state index < -0.39 is 28.5 Å². The monoisotopic (exact) mass is 597 g/mol. The van der Waals surface area contributed by atoms with Crippen LogP contribution in [0.3, 0.4) is 0 Å². The predicted molar refractivity (Wildman–Crippen MR) is 161 cm³/mol. The van der Waals surface area contributed by atoms with Crippen LogP contribution in [0.1, 0.15) is 32.8 Å². The highest BCUT2D eigenvalue weighted by atomic mass is 32.2. The van der Waals surface area contributed by atoms with Crippen LogP contribution < -0.4 is 23.8 Å². The summed E-state index contributed by atoms with van der Waals surface area (Å²) in [6, 6.07) is 18.6. The summed E-state index contributed by atoms with van der Waals surface area (Å²) in [7, 11) is 0.212. The normalized spacial score (nSPS) is 12.5. The van der Waals surface area contributed by atoms with E-state index in [1.54, 1.807) is 62.6 Å². The topological polar surface area (TPSA) is 114 Å². The number of ether oxygens (including phenoxy) is 3. The van der Waals surface area contributed by atoms with Crippen LogP contribution in [0, 0.1) is 0 Å². The average Bonchev–Trinajstić information content (AvgIpc) is 3.02. The van der Waals surface area contributed by atoms with Crippen molar-refractivity contribution in [1.29, 1.82) is 0 Å². The maximum absolute atomic E-state index is 14.1. The van der Waals surface area contributed by atoms with E-state index in [9.17, 15) is 18.0 Å². The second-order valence-electron chi connectivity index (χ2n) is 9.72. The molecule has 0 saturated heterocycles. The molecule has 0 spiro atoms. The van der Waals surface area contributed by atoms with Gasteiger partial charge in [0.1, 0.15) is 29.8 Å². The minimum Gasteiger partial charge on any atom is -0.497 e. The number of carbonyl (C=O) groups is 2. The molecule has 1 N–H and O–H groups in total. The van der Waals surface area contributed by atoms with E-state index in [0.717, 1.165) is 9.87 Å². The molecule has 3 rings (SSSR count). The van der Waals surface area contributed by atoms with Crippen LogP contribution in [0.2, 0.25) is 0 Å². The fourth-order valence-corrected chi connectivity index (χ4v) is 5.62. The number of nitrogens with one attached hydrogen (secondary N) is 1. The molecule has 2 atom stereocenters. The number of anilines is 1. The number of nitrogens with zero attached hydrogens (tertiary/aromatic N) is 2. The van der Waals surface area contributed by atoms with Crippen LogP contribution in [-0.2, 0) is 26.2 Å². The summed E-state index contributed by atoms with van der Waals surface area (Å²) in [5.74, 6) is 0.494. The lowest BCUT2D eigenvalue weighted by molar-refractivity contribution is -0.139. The van der Waals surface area contributed by atoms with Crippen molar-refractivity contribution in [3.8, 4) is 17.2 Å². The number of sulfonamides is 1. The molecule has 0 unspecified atom stereocenters. The lowest BCUT2D eigenvalue weighted by Crippen LogP contribution is -2.52. The molecule has 2 amide bonds. The first-order chi connectivity index (χ1) is 20.0. The first kappa shape index (κ1) is 32.3. The van der Waals surface area contributed by atoms with Crippen molar-refractivity contribution in [2.75, 3.05) is 32.2 Å². The summed E-state index contributed by atoms with van der Waals surface area (Å²) in [4.78, 5) is 28.6. The van der Waals surface area contributed by atoms with Gasteiger partial charge in [0.15, 0.2) is 0 Å². The third-order valence-electron chi connectivity index (χ3n) is 6.96. The summed E-state index contributed by atoms with van der Waals surface area (Å²) < 4.78 is 45.0. The Labute approximate surface area is 248 Å². The molecule has 0 bridgehead atoms. The van der Waals surface area contributed by atoms with Gasteiger partial charge in [0, 0.05) is 12.6 Å². The van der Waals surface area contributed by atoms with Crippen LogP contribution in [0.4, 0.5) is 5.69 Å². The van der Waals surface area contributed by atoms with Crippen LogP contribution in [0.25, 0.3) is 0 Å². The number of carbonyl (C=O) groups excluding carboxylic acids is 2. The molecule has 0 aromatic heterocycles. The Morgan fingerprint density at radius 2 is 1.40 bits per heavy atom. The van der Waals surface area contributed by atoms with Gasteiger partial charge in [0.25, 0.3) is 10.0 Å². The number of methoxy groups -OCH3 is 3. The molecule has 0 radical (unpaired) electrons. The zero-order chi connectivity index (χ0) is 30.9. The molecule has 226 valence electrons. The van der Waals surface area contributed by atoms with Crippen molar-refractivity contribution in [3.05, 3.63) is 78.4 Å². The van der Waals surface area contributed by atoms with E-state index in [1.807, 2.05) is 13.8 Å². The van der Waals surface area contributed by atoms with E-state index in [-0.39, 0.29) is 34.8 Å². The fourth-order valence-electron chi connectivity index (χ4n) is 4.20. The molecule has 3 aromatic rings. The van der Waals surface area contributed by atoms with Gasteiger partial charge in [-0.3, -0.25) is 13.9 Å². The van der Waals surface area contributed by atoms with Crippen molar-refractivity contribution in [1.82, 2.24) is 10.2 Å². The van der Waals surface area contributed by atoms with Gasteiger partial charge < -0.3 is 24.4 Å². The summed E-state index contributed by atoms with van der Waals surface area (Å²) in [6.07, 6.45) is 0.715. The highest BCUT2D eigenvalue weighted by Gasteiger charge is 2.34. The number of hydrogen-bond donors (Lipinski definition) is 1. The fraction of sp³-hybridized carbons (Fsp3) is 0.355. The molecular weight excluding hydrogens is 558 g/mol. The summed E-state index contributed by atoms with van der Waals surface area (Å²) in [5, 5.41) is 2.92. The molecule has 0 fully saturated rings. The van der Waals surface area contributed by atoms with Crippen molar-refractivity contribution in [2.45, 2.75) is 50.7 Å². The van der Waals surface area contributed by atoms with E-state index >= 15 is 0 Å². The van der Waals surface area contributed by atoms with Gasteiger partial charge in [-0.25, -0.2) is 8.42 Å². The van der Waals surface area contributed by atoms with Gasteiger partial charge in [-0.2, -0.15) is 0 Å². The molecule has 0 aliphatic rings. The Balaban J connectivity index is 2.06. The van der Waals surface area contributed by atoms with E-state index in [4.69, 9.17) is 14.2 Å². The van der Waals surface area contributed by atoms with Crippen molar-refractivity contribution in [3.63, 3.8) is 0 Å². The molecule has 11 heteroatoms. The summed E-state index contributed by atoms with van der Waals surface area (Å²) in [6.45, 7) is 4.95. The Hall–Kier alpha value is -4.25. The standard InChI is InChI=1S/C31H39N3O7S/c1-7-22(2)32-31(36)23(3)33(20-24-12-14-25(39-4)15-13-24)30(35)21-34(28-10-8-9-11-29(28)41-6)42(37,38)27-18-16-26(40-5)17-19-27/h8-19,22-23H,7,20-21H2,1-6H3,(H,32,36)/t22-,23-/m0/s1. The van der Waals surface area contributed by atoms with Crippen LogP contribution in [0.15, 0.2) is 77.7 Å². The first-order valence-corrected chi connectivity index (χ1v) is 15.0. The van der Waals surface area contributed by atoms with Gasteiger partial charge in [-0.05, 0) is 74.4 Å². The number of rotatable bonds is 14. The Morgan fingerprint density at radius 1 is 0.833 bits per heavy atom. The highest BCUT2D eigenvalue weighted by molar-refractivity contribution is 7.92. The third-order valence-corrected chi connectivity index (χ3v) is 8.73. The van der Waals surface area contributed by atoms with Gasteiger partial charge >= 0.3 is 0 Å². The third kappa shape index (κ3) is 7.73. The van der Waals surface area contributed by atoms with Crippen molar-refractivity contribution in [2.24, 2.45) is 0 Å². The maximum Gasteiger partial charge on any atom is 0.264 e. The molecule has 0 heterocycles. The Bertz CT molecular complexity index is 1440. The molecule has 10 nitrogen and oxygen atoms in total. The van der Waals surface area contributed by atoms with Gasteiger partial charge in [-0.15, -0.1) is 0 Å². The second kappa shape index (κ2) is 14.6. The van der Waals surface area contributed by atoms with Crippen LogP contribution in [0.5, 0.6) is 17.2 Å². The Kier molecular flexibility index (Phi) is 11.2. The maximum atomic E-state index is 14.1. The number of amides is 2. The van der Waals surface area contributed by atoms with E-state index in [2.05, 4.69) is 5.32 Å². The molecule has 0 aliphatic heterocycles. The highest BCUT2D eigenvalue weighted by Crippen LogP contribution is 2.33. The molecule has 3 aromatic carbocycles. The van der Waals surface area contributed by atoms with E-state index in [1.165, 1.54) is 43.4 Å². The lowest BCUT2D eigenvalue weighted by Gasteiger charge is -2.32. The van der Waals surface area contributed by atoms with E-state index in [0.29, 0.717) is 17.9 Å². The minimum absolute atomic E-state index is 0.0359. The molecule has 42 heavy (non-hydrogen) atoms. The van der Waals surface area contributed by atoms with Crippen LogP contribution >= 0.6 is 0 Å². The van der Waals surface area contributed by atoms with Crippen molar-refractivity contribution >= 4 is 27.5 Å². The summed E-state index contributed by atoms with van der Waals surface area (Å²) >= 11 is 0. The average molecular weight is 598 g/mol. The summed E-state index contributed by atoms with van der Waals surface area (Å²) in [5.41, 5.74) is 0.930. The van der Waals surface area contributed by atoms with Gasteiger partial charge in [0.2, 0.25) is 11.8 Å². The second-order valence-corrected chi connectivity index (χ2v) is 11.6. The zero-order valence-corrected chi connectivity index (χ0v) is 25.7. The molecule has 0 saturated carbocycles. The number of benzene rings is 3. The Morgan fingerprint density at radius 3 is 1.95 bits per heavy atom. The molecule has 0 aliphatic carbocycles. The lowest BCUT2D eigenvalue weighted by atomic mass is 10.1. The largest absolute Gasteiger partial charge is 0.497 e. The quantitative estimate of drug-likeness (QED) is 0.296.